The van der Waals surface area contributed by atoms with Crippen LogP contribution < -0.4 is 5.32 Å². The Morgan fingerprint density at radius 2 is 0.813 bits per heavy atom. The van der Waals surface area contributed by atoms with E-state index in [-0.39, 0.29) is 18.9 Å². The highest BCUT2D eigenvalue weighted by Gasteiger charge is 2.32. The molecule has 9 nitrogen and oxygen atoms in total. The molecule has 0 aliphatic carbocycles. The molecule has 4 N–H and O–H groups in total. The second kappa shape index (κ2) is 55.7. The van der Waals surface area contributed by atoms with Gasteiger partial charge in [0.05, 0.1) is 39.9 Å². The fourth-order valence-corrected chi connectivity index (χ4v) is 10.4. The van der Waals surface area contributed by atoms with E-state index in [9.17, 15) is 24.5 Å². The van der Waals surface area contributed by atoms with Gasteiger partial charge in [0.15, 0.2) is 0 Å². The maximum atomic E-state index is 13.0. The summed E-state index contributed by atoms with van der Waals surface area (Å²) in [4.78, 5) is 23.3. The lowest BCUT2D eigenvalue weighted by atomic mass is 10.0. The van der Waals surface area contributed by atoms with Crippen LogP contribution in [-0.2, 0) is 18.4 Å². The van der Waals surface area contributed by atoms with Gasteiger partial charge in [0.1, 0.15) is 19.3 Å². The predicted molar refractivity (Wildman–Crippen MR) is 324 cm³/mol. The molecule has 0 saturated heterocycles. The Morgan fingerprint density at radius 3 is 1.19 bits per heavy atom. The van der Waals surface area contributed by atoms with E-state index < -0.39 is 32.7 Å². The number of likely N-dealkylation sites (N-methyl/N-ethyl adjacent to an activating group) is 1. The van der Waals surface area contributed by atoms with Crippen molar-refractivity contribution < 1.29 is 38.0 Å². The average Bonchev–Trinajstić information content (AvgIpc) is 3.37. The van der Waals surface area contributed by atoms with E-state index in [4.69, 9.17) is 9.05 Å². The maximum absolute atomic E-state index is 13.0. The first-order valence-corrected chi connectivity index (χ1v) is 33.5. The van der Waals surface area contributed by atoms with E-state index >= 15 is 0 Å². The minimum atomic E-state index is -4.43. The quantitative estimate of drug-likeness (QED) is 0.0207. The van der Waals surface area contributed by atoms with Crippen LogP contribution in [0.5, 0.6) is 0 Å². The Hall–Kier alpha value is -1.58. The third-order valence-electron chi connectivity index (χ3n) is 14.7. The minimum absolute atomic E-state index is 0.0128. The van der Waals surface area contributed by atoms with Gasteiger partial charge in [-0.05, 0) is 84.0 Å². The first-order chi connectivity index (χ1) is 36.4. The van der Waals surface area contributed by atoms with Crippen LogP contribution in [0.25, 0.3) is 0 Å². The number of phosphoric acid groups is 1. The molecule has 0 aromatic carbocycles. The molecule has 0 fully saturated rings. The fourth-order valence-electron chi connectivity index (χ4n) is 9.65. The van der Waals surface area contributed by atoms with E-state index in [0.29, 0.717) is 23.9 Å². The number of phosphoric ester groups is 1. The minimum Gasteiger partial charge on any atom is -0.390 e. The van der Waals surface area contributed by atoms with Crippen molar-refractivity contribution in [2.75, 3.05) is 40.9 Å². The number of rotatable bonds is 59. The van der Waals surface area contributed by atoms with Crippen molar-refractivity contribution in [2.24, 2.45) is 0 Å². The average molecular weight is 1080 g/mol. The molecule has 0 spiro atoms. The molecule has 4 unspecified atom stereocenters. The smallest absolute Gasteiger partial charge is 0.390 e. The highest BCUT2D eigenvalue weighted by molar-refractivity contribution is 7.47. The summed E-state index contributed by atoms with van der Waals surface area (Å²) in [5, 5.41) is 24.8. The van der Waals surface area contributed by atoms with Gasteiger partial charge in [-0.2, -0.15) is 0 Å². The Bertz CT molecular complexity index is 1380. The molecule has 0 saturated carbocycles. The molecule has 10 heteroatoms. The van der Waals surface area contributed by atoms with Gasteiger partial charge in [-0.15, -0.1) is 0 Å². The summed E-state index contributed by atoms with van der Waals surface area (Å²) in [5.41, 5.74) is 0. The van der Waals surface area contributed by atoms with E-state index in [0.717, 1.165) is 51.4 Å². The number of hydrogen-bond acceptors (Lipinski definition) is 6. The summed E-state index contributed by atoms with van der Waals surface area (Å²) in [6, 6.07) is -1.06. The Kier molecular flexibility index (Phi) is 54.5. The number of quaternary nitrogens is 1. The highest BCUT2D eigenvalue weighted by atomic mass is 31.2. The molecule has 0 heterocycles. The topological polar surface area (TPSA) is 125 Å². The number of nitrogens with zero attached hydrogens (tertiary/aromatic N) is 1. The third kappa shape index (κ3) is 56.9. The molecular weight excluding hydrogens is 952 g/mol. The molecule has 4 atom stereocenters. The number of nitrogens with one attached hydrogen (secondary N) is 1. The van der Waals surface area contributed by atoms with Crippen LogP contribution in [0, 0.1) is 0 Å². The van der Waals surface area contributed by atoms with Gasteiger partial charge in [-0.3, -0.25) is 13.8 Å². The number of aliphatic hydroxyl groups excluding tert-OH is 2. The van der Waals surface area contributed by atoms with Crippen LogP contribution in [0.4, 0.5) is 0 Å². The van der Waals surface area contributed by atoms with Crippen molar-refractivity contribution in [1.29, 1.82) is 0 Å². The zero-order chi connectivity index (χ0) is 55.0. The summed E-state index contributed by atoms with van der Waals surface area (Å²) in [7, 11) is 1.41. The Balaban J connectivity index is 3.92. The van der Waals surface area contributed by atoms with Gasteiger partial charge in [0, 0.05) is 6.42 Å². The van der Waals surface area contributed by atoms with Crippen molar-refractivity contribution in [3.05, 3.63) is 48.6 Å². The number of allylic oxidation sites excluding steroid dienone is 8. The second-order valence-corrected chi connectivity index (χ2v) is 24.7. The Morgan fingerprint density at radius 1 is 0.480 bits per heavy atom. The molecular formula is C65H126N2O7P+. The van der Waals surface area contributed by atoms with Crippen LogP contribution in [0.3, 0.4) is 0 Å². The van der Waals surface area contributed by atoms with Gasteiger partial charge in [0.2, 0.25) is 5.91 Å². The number of aliphatic hydroxyl groups is 2. The monoisotopic (exact) mass is 1080 g/mol. The molecule has 0 radical (unpaired) electrons. The second-order valence-electron chi connectivity index (χ2n) is 23.3. The lowest BCUT2D eigenvalue weighted by Gasteiger charge is -2.28. The third-order valence-corrected chi connectivity index (χ3v) is 15.7. The van der Waals surface area contributed by atoms with Gasteiger partial charge in [-0.25, -0.2) is 4.57 Å². The van der Waals surface area contributed by atoms with E-state index in [2.05, 4.69) is 60.8 Å². The molecule has 0 bridgehead atoms. The van der Waals surface area contributed by atoms with Crippen molar-refractivity contribution in [3.8, 4) is 0 Å². The fraction of sp³-hybridized carbons (Fsp3) is 0.862. The van der Waals surface area contributed by atoms with Gasteiger partial charge in [0.25, 0.3) is 0 Å². The number of amides is 1. The van der Waals surface area contributed by atoms with E-state index in [1.807, 2.05) is 28.1 Å². The van der Waals surface area contributed by atoms with Crippen molar-refractivity contribution in [3.63, 3.8) is 0 Å². The van der Waals surface area contributed by atoms with Crippen molar-refractivity contribution in [2.45, 2.75) is 321 Å². The number of unbranched alkanes of at least 4 members (excludes halogenated alkanes) is 38. The van der Waals surface area contributed by atoms with Crippen LogP contribution in [0.15, 0.2) is 48.6 Å². The lowest BCUT2D eigenvalue weighted by molar-refractivity contribution is -0.870. The predicted octanol–water partition coefficient (Wildman–Crippen LogP) is 18.9. The largest absolute Gasteiger partial charge is 0.472 e. The SMILES string of the molecule is C/C=C/CC/C=C/CC/C=C/CCCC(O)C(O)C(COP(=O)(O)OCC[N+](C)(C)C)NC(=O)CCCCCCCCCCCCCCCCCCCCCCCCCCCCC/C=C\CCCCCCCCCC. The standard InChI is InChI=1S/C65H125N2O7P/c1-6-8-10-12-14-16-18-20-21-22-23-24-25-26-27-28-29-30-31-32-33-34-35-36-37-38-39-40-41-42-43-44-45-46-48-50-52-54-56-58-64(69)66-62(61-74-75(71,72)73-60-59-67(3,4)5)65(70)63(68)57-55-53-51-49-47-19-17-15-13-11-9-7-2/h7,9,15,17,22-23,49,51,62-63,65,68,70H,6,8,10-14,16,18-21,24-48,50,52-61H2,1-5H3,(H-,66,69,71,72)/p+1/b9-7+,17-15+,23-22-,51-49+. The van der Waals surface area contributed by atoms with Gasteiger partial charge >= 0.3 is 7.82 Å². The van der Waals surface area contributed by atoms with Crippen LogP contribution in [0.1, 0.15) is 303 Å². The van der Waals surface area contributed by atoms with Gasteiger partial charge < -0.3 is 24.9 Å². The zero-order valence-electron chi connectivity index (χ0n) is 50.2. The van der Waals surface area contributed by atoms with Crippen molar-refractivity contribution in [1.82, 2.24) is 5.32 Å². The van der Waals surface area contributed by atoms with Gasteiger partial charge in [-0.1, -0.05) is 261 Å². The molecule has 0 aliphatic heterocycles. The van der Waals surface area contributed by atoms with Crippen LogP contribution in [0.2, 0.25) is 0 Å². The summed E-state index contributed by atoms with van der Waals surface area (Å²) in [5.74, 6) is -0.271. The molecule has 0 rings (SSSR count). The Labute approximate surface area is 465 Å². The number of carbonyl (C=O) groups is 1. The van der Waals surface area contributed by atoms with E-state index in [1.54, 1.807) is 0 Å². The normalized spacial score (nSPS) is 14.5. The number of hydrogen-bond donors (Lipinski definition) is 4. The molecule has 0 aromatic rings. The zero-order valence-corrected chi connectivity index (χ0v) is 51.1. The molecule has 442 valence electrons. The molecule has 0 aliphatic rings. The highest BCUT2D eigenvalue weighted by Crippen LogP contribution is 2.43. The molecule has 0 aromatic heterocycles. The van der Waals surface area contributed by atoms with E-state index in [1.165, 1.54) is 218 Å². The summed E-state index contributed by atoms with van der Waals surface area (Å²) in [6.07, 6.45) is 71.3. The first-order valence-electron chi connectivity index (χ1n) is 32.1. The molecule has 1 amide bonds. The summed E-state index contributed by atoms with van der Waals surface area (Å²) < 4.78 is 23.6. The maximum Gasteiger partial charge on any atom is 0.472 e. The summed E-state index contributed by atoms with van der Waals surface area (Å²) in [6.45, 7) is 4.38. The lowest BCUT2D eigenvalue weighted by Crippen LogP contribution is -2.51. The van der Waals surface area contributed by atoms with Crippen LogP contribution >= 0.6 is 7.82 Å². The number of carbonyl (C=O) groups excluding carboxylic acids is 1. The van der Waals surface area contributed by atoms with Crippen molar-refractivity contribution >= 4 is 13.7 Å². The van der Waals surface area contributed by atoms with Crippen LogP contribution in [-0.4, -0.2) is 84.6 Å². The summed E-state index contributed by atoms with van der Waals surface area (Å²) >= 11 is 0. The molecule has 75 heavy (non-hydrogen) atoms. The first kappa shape index (κ1) is 73.4.